The largest absolute Gasteiger partial charge is 0.459 e. The Morgan fingerprint density at radius 1 is 1.04 bits per heavy atom. The topological polar surface area (TPSA) is 83.4 Å². The second-order valence-corrected chi connectivity index (χ2v) is 6.21. The number of hydrogen-bond donors (Lipinski definition) is 3. The molecule has 6 nitrogen and oxygen atoms in total. The number of nitrogens with one attached hydrogen (secondary N) is 3. The van der Waals surface area contributed by atoms with Crippen LogP contribution in [-0.4, -0.2) is 31.6 Å². The summed E-state index contributed by atoms with van der Waals surface area (Å²) < 4.78 is 18.8. The van der Waals surface area contributed by atoms with E-state index in [9.17, 15) is 14.0 Å². The highest BCUT2D eigenvalue weighted by Gasteiger charge is 2.24. The van der Waals surface area contributed by atoms with Gasteiger partial charge in [0.25, 0.3) is 5.91 Å². The lowest BCUT2D eigenvalue weighted by atomic mass is 9.84. The third kappa shape index (κ3) is 5.34. The summed E-state index contributed by atoms with van der Waals surface area (Å²) in [5.41, 5.74) is -0.00285. The van der Waals surface area contributed by atoms with Crippen LogP contribution in [0.15, 0.2) is 47.1 Å². The lowest BCUT2D eigenvalue weighted by Gasteiger charge is -2.26. The molecule has 0 radical (unpaired) electrons. The van der Waals surface area contributed by atoms with Crippen molar-refractivity contribution in [1.29, 1.82) is 0 Å². The Bertz CT molecular complexity index is 714. The van der Waals surface area contributed by atoms with Gasteiger partial charge in [-0.15, -0.1) is 0 Å². The Morgan fingerprint density at radius 2 is 1.76 bits per heavy atom. The molecule has 1 heterocycles. The van der Waals surface area contributed by atoms with Gasteiger partial charge in [-0.3, -0.25) is 4.79 Å². The maximum absolute atomic E-state index is 13.9. The van der Waals surface area contributed by atoms with E-state index in [1.54, 1.807) is 30.3 Å². The van der Waals surface area contributed by atoms with Crippen LogP contribution in [0.5, 0.6) is 0 Å². The average molecular weight is 347 g/mol. The minimum absolute atomic E-state index is 0.219. The molecule has 0 fully saturated rings. The Balaban J connectivity index is 1.70. The van der Waals surface area contributed by atoms with Crippen molar-refractivity contribution in [2.75, 3.05) is 19.6 Å². The molecule has 3 amide bonds. The Morgan fingerprint density at radius 3 is 2.44 bits per heavy atom. The van der Waals surface area contributed by atoms with Crippen molar-refractivity contribution in [2.45, 2.75) is 19.3 Å². The molecule has 134 valence electrons. The van der Waals surface area contributed by atoms with Gasteiger partial charge in [-0.2, -0.15) is 0 Å². The fourth-order valence-electron chi connectivity index (χ4n) is 2.32. The van der Waals surface area contributed by atoms with E-state index in [0.29, 0.717) is 5.56 Å². The normalized spacial score (nSPS) is 11.0. The first-order chi connectivity index (χ1) is 11.9. The number of furan rings is 1. The fraction of sp³-hybridized carbons (Fsp3) is 0.333. The van der Waals surface area contributed by atoms with Crippen LogP contribution in [0.3, 0.4) is 0 Å². The Kier molecular flexibility index (Phi) is 6.16. The molecule has 1 aromatic heterocycles. The van der Waals surface area contributed by atoms with Crippen LogP contribution in [0.4, 0.5) is 9.18 Å². The summed E-state index contributed by atoms with van der Waals surface area (Å²) in [7, 11) is 0. The smallest absolute Gasteiger partial charge is 0.314 e. The third-order valence-corrected chi connectivity index (χ3v) is 3.73. The minimum Gasteiger partial charge on any atom is -0.459 e. The number of benzene rings is 1. The molecule has 25 heavy (non-hydrogen) atoms. The van der Waals surface area contributed by atoms with Crippen LogP contribution in [0, 0.1) is 5.82 Å². The maximum atomic E-state index is 13.9. The molecule has 2 rings (SSSR count). The quantitative estimate of drug-likeness (QED) is 0.673. The van der Waals surface area contributed by atoms with Crippen LogP contribution in [-0.2, 0) is 5.41 Å². The molecule has 0 spiro atoms. The van der Waals surface area contributed by atoms with E-state index in [-0.39, 0.29) is 43.2 Å². The van der Waals surface area contributed by atoms with Gasteiger partial charge >= 0.3 is 6.03 Å². The predicted molar refractivity (Wildman–Crippen MR) is 91.9 cm³/mol. The highest BCUT2D eigenvalue weighted by Crippen LogP contribution is 2.24. The van der Waals surface area contributed by atoms with Gasteiger partial charge < -0.3 is 20.4 Å². The van der Waals surface area contributed by atoms with E-state index in [4.69, 9.17) is 4.42 Å². The molecule has 0 saturated heterocycles. The molecule has 0 unspecified atom stereocenters. The summed E-state index contributed by atoms with van der Waals surface area (Å²) in [6.07, 6.45) is 1.41. The third-order valence-electron chi connectivity index (χ3n) is 3.73. The van der Waals surface area contributed by atoms with E-state index in [0.717, 1.165) is 0 Å². The van der Waals surface area contributed by atoms with Crippen molar-refractivity contribution in [3.8, 4) is 0 Å². The highest BCUT2D eigenvalue weighted by atomic mass is 19.1. The summed E-state index contributed by atoms with van der Waals surface area (Å²) in [6, 6.07) is 9.31. The monoisotopic (exact) mass is 347 g/mol. The van der Waals surface area contributed by atoms with E-state index >= 15 is 0 Å². The zero-order chi connectivity index (χ0) is 18.3. The first-order valence-electron chi connectivity index (χ1n) is 7.98. The number of carbonyl (C=O) groups is 2. The van der Waals surface area contributed by atoms with Crippen molar-refractivity contribution in [1.82, 2.24) is 16.0 Å². The molecule has 1 aromatic carbocycles. The maximum Gasteiger partial charge on any atom is 0.314 e. The molecule has 0 aliphatic rings. The SMILES string of the molecule is CC(C)(CNC(=O)NCCNC(=O)c1ccco1)c1ccccc1F. The number of urea groups is 1. The summed E-state index contributed by atoms with van der Waals surface area (Å²) in [6.45, 7) is 4.52. The summed E-state index contributed by atoms with van der Waals surface area (Å²) in [4.78, 5) is 23.5. The average Bonchev–Trinajstić information content (AvgIpc) is 3.12. The molecule has 3 N–H and O–H groups in total. The van der Waals surface area contributed by atoms with Crippen molar-refractivity contribution in [3.05, 3.63) is 59.8 Å². The van der Waals surface area contributed by atoms with Gasteiger partial charge in [-0.1, -0.05) is 32.0 Å². The Hall–Kier alpha value is -2.83. The van der Waals surface area contributed by atoms with Crippen LogP contribution in [0.1, 0.15) is 30.0 Å². The van der Waals surface area contributed by atoms with Gasteiger partial charge in [0.1, 0.15) is 5.82 Å². The molecule has 0 saturated carbocycles. The standard InChI is InChI=1S/C18H22FN3O3/c1-18(2,13-6-3-4-7-14(13)19)12-22-17(24)21-10-9-20-16(23)15-8-5-11-25-15/h3-8,11H,9-10,12H2,1-2H3,(H,20,23)(H2,21,22,24). The number of halogens is 1. The molecule has 0 aliphatic heterocycles. The first-order valence-corrected chi connectivity index (χ1v) is 7.98. The number of rotatable bonds is 7. The minimum atomic E-state index is -0.545. The fourth-order valence-corrected chi connectivity index (χ4v) is 2.32. The summed E-state index contributed by atoms with van der Waals surface area (Å²) >= 11 is 0. The highest BCUT2D eigenvalue weighted by molar-refractivity contribution is 5.91. The second kappa shape index (κ2) is 8.32. The molecule has 0 bridgehead atoms. The van der Waals surface area contributed by atoms with Crippen molar-refractivity contribution >= 4 is 11.9 Å². The van der Waals surface area contributed by atoms with Crippen LogP contribution in [0.25, 0.3) is 0 Å². The van der Waals surface area contributed by atoms with Crippen molar-refractivity contribution < 1.29 is 18.4 Å². The van der Waals surface area contributed by atoms with E-state index in [2.05, 4.69) is 16.0 Å². The summed E-state index contributed by atoms with van der Waals surface area (Å²) in [5.74, 6) is -0.417. The van der Waals surface area contributed by atoms with Gasteiger partial charge in [0.2, 0.25) is 0 Å². The molecule has 0 atom stereocenters. The van der Waals surface area contributed by atoms with E-state index in [1.807, 2.05) is 13.8 Å². The van der Waals surface area contributed by atoms with Gasteiger partial charge in [0.15, 0.2) is 5.76 Å². The summed E-state index contributed by atoms with van der Waals surface area (Å²) in [5, 5.41) is 7.97. The van der Waals surface area contributed by atoms with Gasteiger partial charge in [0.05, 0.1) is 6.26 Å². The lowest BCUT2D eigenvalue weighted by molar-refractivity contribution is 0.0926. The number of amides is 3. The molecular weight excluding hydrogens is 325 g/mol. The van der Waals surface area contributed by atoms with Crippen molar-refractivity contribution in [3.63, 3.8) is 0 Å². The Labute approximate surface area is 145 Å². The van der Waals surface area contributed by atoms with Crippen molar-refractivity contribution in [2.24, 2.45) is 0 Å². The molecule has 2 aromatic rings. The van der Waals surface area contributed by atoms with E-state index in [1.165, 1.54) is 12.3 Å². The first kappa shape index (κ1) is 18.5. The molecule has 7 heteroatoms. The zero-order valence-electron chi connectivity index (χ0n) is 14.3. The predicted octanol–water partition coefficient (Wildman–Crippen LogP) is 2.43. The number of carbonyl (C=O) groups excluding carboxylic acids is 2. The van der Waals surface area contributed by atoms with E-state index < -0.39 is 5.41 Å². The van der Waals surface area contributed by atoms with Gasteiger partial charge in [0, 0.05) is 25.0 Å². The van der Waals surface area contributed by atoms with Crippen LogP contribution >= 0.6 is 0 Å². The number of hydrogen-bond acceptors (Lipinski definition) is 3. The molecule has 0 aliphatic carbocycles. The van der Waals surface area contributed by atoms with Gasteiger partial charge in [-0.25, -0.2) is 9.18 Å². The second-order valence-electron chi connectivity index (χ2n) is 6.21. The lowest BCUT2D eigenvalue weighted by Crippen LogP contribution is -2.44. The molecular formula is C18H22FN3O3. The van der Waals surface area contributed by atoms with Crippen LogP contribution < -0.4 is 16.0 Å². The van der Waals surface area contributed by atoms with Gasteiger partial charge in [-0.05, 0) is 23.8 Å². The zero-order valence-corrected chi connectivity index (χ0v) is 14.3. The van der Waals surface area contributed by atoms with Crippen LogP contribution in [0.2, 0.25) is 0 Å².